The van der Waals surface area contributed by atoms with Gasteiger partial charge >= 0.3 is 0 Å². The van der Waals surface area contributed by atoms with E-state index in [0.717, 1.165) is 42.5 Å². The molecule has 2 aliphatic carbocycles. The van der Waals surface area contributed by atoms with Crippen LogP contribution in [0, 0.1) is 0 Å². The summed E-state index contributed by atoms with van der Waals surface area (Å²) in [7, 11) is -20.2. The summed E-state index contributed by atoms with van der Waals surface area (Å²) in [6, 6.07) is 14.3. The van der Waals surface area contributed by atoms with E-state index in [9.17, 15) is 61.5 Å². The van der Waals surface area contributed by atoms with E-state index in [1.165, 1.54) is 54.6 Å². The second-order valence-electron chi connectivity index (χ2n) is 12.3. The summed E-state index contributed by atoms with van der Waals surface area (Å²) in [5.74, 6) is -1.95. The number of hydrogen-bond donors (Lipinski definition) is 8. The normalized spacial score (nSPS) is 16.2. The minimum absolute atomic E-state index is 0.00126. The number of hydrogen-bond acceptors (Lipinski definition) is 16. The maximum atomic E-state index is 13.2. The largest absolute Gasteiger partial charge is 0.399 e. The second-order valence-corrected chi connectivity index (χ2v) is 17.8. The lowest BCUT2D eigenvalue weighted by Crippen LogP contribution is -2.27. The summed E-state index contributed by atoms with van der Waals surface area (Å²) in [4.78, 5) is 23.0. The van der Waals surface area contributed by atoms with Crippen LogP contribution in [0.5, 0.6) is 0 Å². The van der Waals surface area contributed by atoms with Gasteiger partial charge in [-0.2, -0.15) is 43.9 Å². The van der Waals surface area contributed by atoms with Crippen LogP contribution in [0.1, 0.15) is 43.0 Å². The highest BCUT2D eigenvalue weighted by molar-refractivity contribution is 7.91. The Labute approximate surface area is 329 Å². The van der Waals surface area contributed by atoms with Gasteiger partial charge in [-0.3, -0.25) is 38.7 Å². The monoisotopic (exact) mass is 870 g/mol. The lowest BCUT2D eigenvalue weighted by atomic mass is 9.94. The Balaban J connectivity index is 1.31. The minimum atomic E-state index is -5.08. The van der Waals surface area contributed by atoms with Crippen molar-refractivity contribution in [3.63, 3.8) is 0 Å². The van der Waals surface area contributed by atoms with Crippen LogP contribution in [0.3, 0.4) is 0 Å². The first kappa shape index (κ1) is 41.3. The molecule has 0 aromatic heterocycles. The molecule has 0 unspecified atom stereocenters. The van der Waals surface area contributed by atoms with E-state index in [2.05, 4.69) is 21.1 Å². The molecule has 0 aliphatic heterocycles. The van der Waals surface area contributed by atoms with Crippen LogP contribution in [0.15, 0.2) is 103 Å². The first-order valence-electron chi connectivity index (χ1n) is 15.8. The summed E-state index contributed by atoms with van der Waals surface area (Å²) >= 11 is 0. The topological polar surface area (TPSA) is 352 Å². The number of nitrogens with one attached hydrogen (secondary N) is 2. The zero-order chi connectivity index (χ0) is 42.5. The smallest absolute Gasteiger partial charge is 0.296 e. The molecule has 0 atom stereocenters. The number of nitrogens with two attached hydrogens (primary N) is 2. The third-order valence-electron chi connectivity index (χ3n) is 8.29. The van der Waals surface area contributed by atoms with E-state index < -0.39 is 88.8 Å². The van der Waals surface area contributed by atoms with Crippen molar-refractivity contribution in [2.45, 2.75) is 9.79 Å². The molecule has 2 aliphatic rings. The Kier molecular flexibility index (Phi) is 10.6. The van der Waals surface area contributed by atoms with Gasteiger partial charge in [-0.15, -0.1) is 0 Å². The molecule has 6 rings (SSSR count). The maximum Gasteiger partial charge on any atom is 0.296 e. The number of Topliss-reactive ketones (excluding diaryl/α,β-unsaturated/α-hetero) is 2. The molecular weight excluding hydrogens is 845 g/mol. The van der Waals surface area contributed by atoms with Crippen molar-refractivity contribution in [1.29, 1.82) is 0 Å². The van der Waals surface area contributed by atoms with Gasteiger partial charge in [0.25, 0.3) is 40.5 Å². The van der Waals surface area contributed by atoms with Crippen molar-refractivity contribution in [3.05, 3.63) is 116 Å². The third kappa shape index (κ3) is 8.62. The van der Waals surface area contributed by atoms with Gasteiger partial charge < -0.3 is 11.5 Å². The van der Waals surface area contributed by atoms with E-state index in [0.29, 0.717) is 0 Å². The van der Waals surface area contributed by atoms with Crippen LogP contribution >= 0.6 is 0 Å². The second kappa shape index (κ2) is 14.8. The van der Waals surface area contributed by atoms with Gasteiger partial charge in [0.1, 0.15) is 19.6 Å². The molecule has 0 saturated heterocycles. The molecule has 0 spiro atoms. The molecule has 4 aromatic carbocycles. The number of nitrogens with zero attached hydrogens (tertiary/aromatic N) is 2. The molecule has 10 N–H and O–H groups in total. The molecule has 24 heteroatoms. The zero-order valence-electron chi connectivity index (χ0n) is 28.8. The lowest BCUT2D eigenvalue weighted by Gasteiger charge is -2.17. The SMILES string of the molecule is Nc1ccc2c(c1)C(=O)/C(=N/Nc1ccc(/C=C/c3ccc(N/N=C4\C(=O)c5cc(N)ccc5C=C4S(=O)(=O)O)c(S(=O)(=O)O)c3)c(S(=O)(=O)O)c1)C(S(=O)(=O)O)=C2. The predicted octanol–water partition coefficient (Wildman–Crippen LogP) is 3.30. The van der Waals surface area contributed by atoms with Gasteiger partial charge in [0.2, 0.25) is 11.6 Å². The van der Waals surface area contributed by atoms with Crippen LogP contribution in [-0.2, 0) is 40.5 Å². The lowest BCUT2D eigenvalue weighted by molar-refractivity contribution is 0.105. The molecule has 0 radical (unpaired) electrons. The highest BCUT2D eigenvalue weighted by atomic mass is 32.2. The Morgan fingerprint density at radius 2 is 1.03 bits per heavy atom. The first-order chi connectivity index (χ1) is 26.9. The molecular formula is C34H26N6O14S4. The van der Waals surface area contributed by atoms with Gasteiger partial charge in [-0.25, -0.2) is 0 Å². The van der Waals surface area contributed by atoms with E-state index in [1.54, 1.807) is 0 Å². The van der Waals surface area contributed by atoms with E-state index in [1.807, 2.05) is 0 Å². The van der Waals surface area contributed by atoms with E-state index in [-0.39, 0.29) is 50.4 Å². The maximum absolute atomic E-state index is 13.2. The van der Waals surface area contributed by atoms with Crippen LogP contribution < -0.4 is 22.3 Å². The molecule has 20 nitrogen and oxygen atoms in total. The van der Waals surface area contributed by atoms with Gasteiger partial charge in [0.05, 0.1) is 11.4 Å². The van der Waals surface area contributed by atoms with Crippen molar-refractivity contribution in [1.82, 2.24) is 0 Å². The van der Waals surface area contributed by atoms with Crippen LogP contribution in [0.4, 0.5) is 22.7 Å². The predicted molar refractivity (Wildman–Crippen MR) is 213 cm³/mol. The number of fused-ring (bicyclic) bond motifs is 2. The number of ketones is 2. The van der Waals surface area contributed by atoms with Gasteiger partial charge in [-0.1, -0.05) is 36.4 Å². The van der Waals surface area contributed by atoms with E-state index >= 15 is 0 Å². The molecule has 58 heavy (non-hydrogen) atoms. The number of carbonyl (C=O) groups is 2. The standard InChI is InChI=1S/C34H26N6O14S4/c35-21-7-4-19-12-29(57(49,50)51)31(33(41)24(19)14-21)39-37-23-9-6-18(27(16-23)55(43,44)45)3-1-17-2-10-26(28(11-17)56(46,47)48)38-40-32-30(58(52,53)54)13-20-5-8-22(36)15-25(20)34(32)42/h1-16,37-38H,35-36H2,(H,43,44,45)(H,46,47,48)(H,49,50,51)(H,52,53,54)/b3-1+,39-31+,40-32-. The number of carbonyl (C=O) groups excluding carboxylic acids is 2. The average Bonchev–Trinajstić information content (AvgIpc) is 3.12. The third-order valence-corrected chi connectivity index (χ3v) is 11.8. The van der Waals surface area contributed by atoms with Crippen LogP contribution in [0.2, 0.25) is 0 Å². The number of nitrogen functional groups attached to an aromatic ring is 2. The highest BCUT2D eigenvalue weighted by Gasteiger charge is 2.34. The summed E-state index contributed by atoms with van der Waals surface area (Å²) in [6.45, 7) is 0. The van der Waals surface area contributed by atoms with Gasteiger partial charge in [0.15, 0.2) is 11.4 Å². The Morgan fingerprint density at radius 1 is 0.534 bits per heavy atom. The van der Waals surface area contributed by atoms with Crippen molar-refractivity contribution in [3.8, 4) is 0 Å². The number of allylic oxidation sites excluding steroid dienone is 2. The fourth-order valence-corrected chi connectivity index (χ4v) is 8.34. The van der Waals surface area contributed by atoms with Crippen molar-refractivity contribution >= 4 is 111 Å². The number of hydrazone groups is 2. The van der Waals surface area contributed by atoms with Gasteiger partial charge in [-0.05, 0) is 82.9 Å². The van der Waals surface area contributed by atoms with Crippen molar-refractivity contribution in [2.75, 3.05) is 22.3 Å². The molecule has 0 bridgehead atoms. The summed E-state index contributed by atoms with van der Waals surface area (Å²) in [5.41, 5.74) is 14.0. The quantitative estimate of drug-likeness (QED) is 0.0490. The molecule has 4 aromatic rings. The highest BCUT2D eigenvalue weighted by Crippen LogP contribution is 2.31. The number of anilines is 4. The van der Waals surface area contributed by atoms with Crippen LogP contribution in [-0.4, -0.2) is 74.9 Å². The molecule has 0 heterocycles. The molecule has 0 amide bonds. The molecule has 0 fully saturated rings. The number of rotatable bonds is 10. The fourth-order valence-electron chi connectivity index (χ4n) is 5.63. The average molecular weight is 871 g/mol. The number of benzene rings is 4. The minimum Gasteiger partial charge on any atom is -0.399 e. The van der Waals surface area contributed by atoms with E-state index in [4.69, 9.17) is 11.5 Å². The van der Waals surface area contributed by atoms with Crippen molar-refractivity contribution in [2.24, 2.45) is 10.2 Å². The fraction of sp³-hybridized carbons (Fsp3) is 0. The Morgan fingerprint density at radius 3 is 1.52 bits per heavy atom. The zero-order valence-corrected chi connectivity index (χ0v) is 32.1. The molecule has 300 valence electrons. The summed E-state index contributed by atoms with van der Waals surface area (Å²) in [5, 5.41) is 7.52. The molecule has 0 saturated carbocycles. The Hall–Kier alpha value is -6.38. The van der Waals surface area contributed by atoms with Crippen LogP contribution in [0.25, 0.3) is 24.3 Å². The Bertz CT molecular complexity index is 3120. The van der Waals surface area contributed by atoms with Gasteiger partial charge in [0, 0.05) is 22.5 Å². The summed E-state index contributed by atoms with van der Waals surface area (Å²) < 4.78 is 138. The van der Waals surface area contributed by atoms with Crippen molar-refractivity contribution < 1.29 is 61.5 Å². The summed E-state index contributed by atoms with van der Waals surface area (Å²) in [6.07, 6.45) is 4.22. The first-order valence-corrected chi connectivity index (χ1v) is 21.5.